The van der Waals surface area contributed by atoms with Gasteiger partial charge in [0.15, 0.2) is 0 Å². The van der Waals surface area contributed by atoms with Crippen LogP contribution in [0.15, 0.2) is 24.3 Å². The summed E-state index contributed by atoms with van der Waals surface area (Å²) in [6.45, 7) is 6.57. The number of nitrogens with zero attached hydrogens (tertiary/aromatic N) is 1. The first-order valence-electron chi connectivity index (χ1n) is 7.22. The summed E-state index contributed by atoms with van der Waals surface area (Å²) >= 11 is 0. The molecule has 1 aliphatic heterocycles. The van der Waals surface area contributed by atoms with Crippen LogP contribution < -0.4 is 9.62 Å². The van der Waals surface area contributed by atoms with Crippen LogP contribution in [0, 0.1) is 5.92 Å². The first-order chi connectivity index (χ1) is 9.81. The lowest BCUT2D eigenvalue weighted by Gasteiger charge is -2.19. The summed E-state index contributed by atoms with van der Waals surface area (Å²) in [5.74, 6) is 0.427. The highest BCUT2D eigenvalue weighted by Crippen LogP contribution is 2.24. The molecule has 1 N–H and O–H groups in total. The monoisotopic (exact) mass is 310 g/mol. The van der Waals surface area contributed by atoms with E-state index >= 15 is 0 Å². The zero-order valence-electron chi connectivity index (χ0n) is 12.7. The summed E-state index contributed by atoms with van der Waals surface area (Å²) in [6.07, 6.45) is 0.649. The molecule has 0 spiro atoms. The maximum absolute atomic E-state index is 12.1. The lowest BCUT2D eigenvalue weighted by Crippen LogP contribution is -2.36. The zero-order chi connectivity index (χ0) is 15.6. The molecule has 1 saturated heterocycles. The van der Waals surface area contributed by atoms with Gasteiger partial charge in [0.25, 0.3) is 5.91 Å². The van der Waals surface area contributed by atoms with Crippen LogP contribution in [0.25, 0.3) is 0 Å². The Morgan fingerprint density at radius 1 is 1.19 bits per heavy atom. The Bertz CT molecular complexity index is 608. The average molecular weight is 310 g/mol. The molecule has 116 valence electrons. The summed E-state index contributed by atoms with van der Waals surface area (Å²) in [6, 6.07) is 6.82. The van der Waals surface area contributed by atoms with Gasteiger partial charge in [-0.25, -0.2) is 8.42 Å². The molecule has 1 aromatic carbocycles. The second kappa shape index (κ2) is 6.05. The summed E-state index contributed by atoms with van der Waals surface area (Å²) < 4.78 is 25.1. The first-order valence-corrected chi connectivity index (χ1v) is 8.83. The van der Waals surface area contributed by atoms with E-state index in [4.69, 9.17) is 0 Å². The number of rotatable bonds is 4. The van der Waals surface area contributed by atoms with Gasteiger partial charge in [-0.2, -0.15) is 0 Å². The van der Waals surface area contributed by atoms with Crippen molar-refractivity contribution in [2.75, 3.05) is 16.6 Å². The number of carbonyl (C=O) groups is 1. The molecular weight excluding hydrogens is 288 g/mol. The highest BCUT2D eigenvalue weighted by atomic mass is 32.2. The van der Waals surface area contributed by atoms with E-state index in [1.807, 2.05) is 20.8 Å². The van der Waals surface area contributed by atoms with Gasteiger partial charge >= 0.3 is 0 Å². The molecule has 1 aromatic rings. The number of anilines is 1. The van der Waals surface area contributed by atoms with Gasteiger partial charge in [0.05, 0.1) is 11.4 Å². The topological polar surface area (TPSA) is 66.5 Å². The summed E-state index contributed by atoms with van der Waals surface area (Å²) in [5.41, 5.74) is 1.17. The van der Waals surface area contributed by atoms with Crippen LogP contribution in [-0.4, -0.2) is 32.7 Å². The van der Waals surface area contributed by atoms with E-state index in [9.17, 15) is 13.2 Å². The number of hydrogen-bond donors (Lipinski definition) is 1. The lowest BCUT2D eigenvalue weighted by molar-refractivity contribution is 0.0930. The van der Waals surface area contributed by atoms with Gasteiger partial charge in [0.1, 0.15) is 0 Å². The highest BCUT2D eigenvalue weighted by Gasteiger charge is 2.28. The Labute approximate surface area is 126 Å². The predicted molar refractivity (Wildman–Crippen MR) is 84.0 cm³/mol. The van der Waals surface area contributed by atoms with Gasteiger partial charge < -0.3 is 5.32 Å². The van der Waals surface area contributed by atoms with Crippen molar-refractivity contribution in [3.05, 3.63) is 29.8 Å². The molecule has 1 aliphatic rings. The molecule has 0 unspecified atom stereocenters. The average Bonchev–Trinajstić information content (AvgIpc) is 2.78. The fraction of sp³-hybridized carbons (Fsp3) is 0.533. The lowest BCUT2D eigenvalue weighted by atomic mass is 10.1. The molecule has 1 amide bonds. The molecule has 0 saturated carbocycles. The van der Waals surface area contributed by atoms with Crippen molar-refractivity contribution in [1.29, 1.82) is 0 Å². The maximum Gasteiger partial charge on any atom is 0.251 e. The van der Waals surface area contributed by atoms with Crippen molar-refractivity contribution in [3.8, 4) is 0 Å². The first kappa shape index (κ1) is 15.8. The molecule has 1 heterocycles. The number of benzene rings is 1. The van der Waals surface area contributed by atoms with E-state index in [0.29, 0.717) is 30.1 Å². The summed E-state index contributed by atoms with van der Waals surface area (Å²) in [7, 11) is -3.17. The van der Waals surface area contributed by atoms with Gasteiger partial charge in [-0.15, -0.1) is 0 Å². The van der Waals surface area contributed by atoms with Crippen LogP contribution in [-0.2, 0) is 10.0 Å². The predicted octanol–water partition coefficient (Wildman–Crippen LogP) is 2.00. The van der Waals surface area contributed by atoms with Crippen molar-refractivity contribution in [2.45, 2.75) is 33.2 Å². The summed E-state index contributed by atoms with van der Waals surface area (Å²) in [4.78, 5) is 12.1. The Morgan fingerprint density at radius 3 is 2.29 bits per heavy atom. The molecule has 0 radical (unpaired) electrons. The van der Waals surface area contributed by atoms with Gasteiger partial charge in [-0.05, 0) is 43.5 Å². The number of hydrogen-bond acceptors (Lipinski definition) is 3. The van der Waals surface area contributed by atoms with E-state index in [-0.39, 0.29) is 17.7 Å². The summed E-state index contributed by atoms with van der Waals surface area (Å²) in [5, 5.41) is 2.93. The molecule has 0 bridgehead atoms. The van der Waals surface area contributed by atoms with Crippen molar-refractivity contribution >= 4 is 21.6 Å². The largest absolute Gasteiger partial charge is 0.349 e. The van der Waals surface area contributed by atoms with E-state index < -0.39 is 10.0 Å². The molecule has 1 atom stereocenters. The SMILES string of the molecule is CC(C)[C@@H](C)NC(=O)c1ccc(N2CCCS2(=O)=O)cc1. The molecular formula is C15H22N2O3S. The van der Waals surface area contributed by atoms with E-state index in [0.717, 1.165) is 0 Å². The minimum absolute atomic E-state index is 0.0936. The van der Waals surface area contributed by atoms with Crippen molar-refractivity contribution in [3.63, 3.8) is 0 Å². The van der Waals surface area contributed by atoms with Crippen molar-refractivity contribution in [1.82, 2.24) is 5.32 Å². The fourth-order valence-electron chi connectivity index (χ4n) is 2.17. The quantitative estimate of drug-likeness (QED) is 0.925. The molecule has 21 heavy (non-hydrogen) atoms. The fourth-order valence-corrected chi connectivity index (χ4v) is 3.73. The van der Waals surface area contributed by atoms with E-state index in [2.05, 4.69) is 5.32 Å². The van der Waals surface area contributed by atoms with Gasteiger partial charge in [0, 0.05) is 18.2 Å². The van der Waals surface area contributed by atoms with E-state index in [1.54, 1.807) is 24.3 Å². The third-order valence-corrected chi connectivity index (χ3v) is 5.75. The molecule has 6 heteroatoms. The van der Waals surface area contributed by atoms with Crippen LogP contribution in [0.3, 0.4) is 0 Å². The van der Waals surface area contributed by atoms with Crippen LogP contribution in [0.4, 0.5) is 5.69 Å². The second-order valence-corrected chi connectivity index (χ2v) is 7.81. The van der Waals surface area contributed by atoms with Crippen LogP contribution >= 0.6 is 0 Å². The minimum Gasteiger partial charge on any atom is -0.349 e. The van der Waals surface area contributed by atoms with Gasteiger partial charge in [-0.3, -0.25) is 9.10 Å². The number of sulfonamides is 1. The highest BCUT2D eigenvalue weighted by molar-refractivity contribution is 7.93. The van der Waals surface area contributed by atoms with Crippen LogP contribution in [0.1, 0.15) is 37.6 Å². The zero-order valence-corrected chi connectivity index (χ0v) is 13.5. The molecule has 0 aliphatic carbocycles. The maximum atomic E-state index is 12.1. The second-order valence-electron chi connectivity index (χ2n) is 5.79. The van der Waals surface area contributed by atoms with Crippen molar-refractivity contribution < 1.29 is 13.2 Å². The normalized spacial score (nSPS) is 18.8. The van der Waals surface area contributed by atoms with Gasteiger partial charge in [-0.1, -0.05) is 13.8 Å². The molecule has 0 aromatic heterocycles. The van der Waals surface area contributed by atoms with E-state index in [1.165, 1.54) is 4.31 Å². The molecule has 5 nitrogen and oxygen atoms in total. The van der Waals surface area contributed by atoms with Gasteiger partial charge in [0.2, 0.25) is 10.0 Å². The molecule has 2 rings (SSSR count). The Kier molecular flexibility index (Phi) is 4.56. The third-order valence-electron chi connectivity index (χ3n) is 3.88. The standard InChI is InChI=1S/C15H22N2O3S/c1-11(2)12(3)16-15(18)13-5-7-14(8-6-13)17-9-4-10-21(17,19)20/h5-8,11-12H,4,9-10H2,1-3H3,(H,16,18)/t12-/m1/s1. The number of nitrogens with one attached hydrogen (secondary N) is 1. The Balaban J connectivity index is 2.11. The smallest absolute Gasteiger partial charge is 0.251 e. The Morgan fingerprint density at radius 2 is 1.81 bits per heavy atom. The number of carbonyl (C=O) groups excluding carboxylic acids is 1. The number of amides is 1. The Hall–Kier alpha value is -1.56. The minimum atomic E-state index is -3.17. The van der Waals surface area contributed by atoms with Crippen molar-refractivity contribution in [2.24, 2.45) is 5.92 Å². The van der Waals surface area contributed by atoms with Crippen LogP contribution in [0.2, 0.25) is 0 Å². The third kappa shape index (κ3) is 3.56. The van der Waals surface area contributed by atoms with Crippen LogP contribution in [0.5, 0.6) is 0 Å². The molecule has 1 fully saturated rings.